The van der Waals surface area contributed by atoms with Crippen LogP contribution in [0.25, 0.3) is 11.1 Å². The molecular formula is C26H26F3NO5. The maximum absolute atomic E-state index is 12.4. The van der Waals surface area contributed by atoms with Crippen molar-refractivity contribution in [1.29, 1.82) is 0 Å². The van der Waals surface area contributed by atoms with E-state index in [0.717, 1.165) is 22.3 Å². The number of para-hydroxylation sites is 1. The molecule has 4 rings (SSSR count). The summed E-state index contributed by atoms with van der Waals surface area (Å²) in [7, 11) is 4.78. The van der Waals surface area contributed by atoms with Crippen LogP contribution in [0.1, 0.15) is 11.1 Å². The monoisotopic (exact) mass is 489 g/mol. The summed E-state index contributed by atoms with van der Waals surface area (Å²) in [6.45, 7) is 2.17. The van der Waals surface area contributed by atoms with Gasteiger partial charge in [-0.05, 0) is 41.5 Å². The highest BCUT2D eigenvalue weighted by Gasteiger charge is 2.31. The molecule has 0 fully saturated rings. The predicted octanol–water partition coefficient (Wildman–Crippen LogP) is 5.67. The van der Waals surface area contributed by atoms with Gasteiger partial charge in [-0.25, -0.2) is 0 Å². The summed E-state index contributed by atoms with van der Waals surface area (Å²) in [6.07, 6.45) is -4.71. The van der Waals surface area contributed by atoms with Crippen molar-refractivity contribution in [3.63, 3.8) is 0 Å². The van der Waals surface area contributed by atoms with Gasteiger partial charge in [-0.2, -0.15) is 0 Å². The van der Waals surface area contributed by atoms with Crippen molar-refractivity contribution in [3.8, 4) is 39.9 Å². The Morgan fingerprint density at radius 2 is 1.66 bits per heavy atom. The van der Waals surface area contributed by atoms with E-state index in [0.29, 0.717) is 49.2 Å². The van der Waals surface area contributed by atoms with Gasteiger partial charge in [0.25, 0.3) is 0 Å². The maximum Gasteiger partial charge on any atom is 0.573 e. The van der Waals surface area contributed by atoms with Gasteiger partial charge in [0.1, 0.15) is 12.4 Å². The number of methoxy groups -OCH3 is 3. The van der Waals surface area contributed by atoms with E-state index in [2.05, 4.69) is 9.64 Å². The van der Waals surface area contributed by atoms with Gasteiger partial charge < -0.3 is 23.7 Å². The van der Waals surface area contributed by atoms with Gasteiger partial charge in [0.15, 0.2) is 23.0 Å². The Bertz CT molecular complexity index is 1160. The molecule has 0 radical (unpaired) electrons. The van der Waals surface area contributed by atoms with Gasteiger partial charge in [0, 0.05) is 30.8 Å². The van der Waals surface area contributed by atoms with E-state index in [1.165, 1.54) is 12.1 Å². The molecule has 1 aliphatic rings. The minimum Gasteiger partial charge on any atom is -0.493 e. The van der Waals surface area contributed by atoms with Crippen molar-refractivity contribution in [2.24, 2.45) is 0 Å². The average Bonchev–Trinajstić information content (AvgIpc) is 3.04. The Hall–Kier alpha value is -3.59. The third-order valence-corrected chi connectivity index (χ3v) is 5.68. The predicted molar refractivity (Wildman–Crippen MR) is 124 cm³/mol. The molecule has 9 heteroatoms. The summed E-state index contributed by atoms with van der Waals surface area (Å²) in [6, 6.07) is 15.5. The summed E-state index contributed by atoms with van der Waals surface area (Å²) >= 11 is 0. The van der Waals surface area contributed by atoms with Crippen LogP contribution in [0.5, 0.6) is 28.7 Å². The number of hydrogen-bond acceptors (Lipinski definition) is 6. The van der Waals surface area contributed by atoms with E-state index >= 15 is 0 Å². The van der Waals surface area contributed by atoms with Crippen LogP contribution in [0.4, 0.5) is 13.2 Å². The number of benzene rings is 3. The van der Waals surface area contributed by atoms with Crippen LogP contribution in [0, 0.1) is 0 Å². The molecule has 0 saturated carbocycles. The summed E-state index contributed by atoms with van der Waals surface area (Å²) < 4.78 is 64.0. The zero-order valence-corrected chi connectivity index (χ0v) is 19.6. The fourth-order valence-corrected chi connectivity index (χ4v) is 4.15. The lowest BCUT2D eigenvalue weighted by Crippen LogP contribution is -2.25. The molecule has 35 heavy (non-hydrogen) atoms. The molecule has 6 nitrogen and oxygen atoms in total. The lowest BCUT2D eigenvalue weighted by Gasteiger charge is -2.20. The first-order chi connectivity index (χ1) is 16.8. The molecule has 0 aliphatic carbocycles. The fraction of sp³-hybridized carbons (Fsp3) is 0.308. The number of rotatable bonds is 7. The van der Waals surface area contributed by atoms with Crippen LogP contribution >= 0.6 is 0 Å². The molecule has 0 bridgehead atoms. The molecule has 0 unspecified atom stereocenters. The van der Waals surface area contributed by atoms with Crippen molar-refractivity contribution in [1.82, 2.24) is 4.90 Å². The molecule has 186 valence electrons. The third-order valence-electron chi connectivity index (χ3n) is 5.68. The van der Waals surface area contributed by atoms with Gasteiger partial charge in [0.05, 0.1) is 21.3 Å². The number of halogens is 3. The van der Waals surface area contributed by atoms with Gasteiger partial charge >= 0.3 is 6.36 Å². The van der Waals surface area contributed by atoms with Crippen LogP contribution in [0.3, 0.4) is 0 Å². The lowest BCUT2D eigenvalue weighted by molar-refractivity contribution is -0.274. The van der Waals surface area contributed by atoms with Crippen molar-refractivity contribution in [3.05, 3.63) is 65.7 Å². The number of fused-ring (bicyclic) bond motifs is 1. The Morgan fingerprint density at radius 1 is 0.914 bits per heavy atom. The molecule has 0 saturated heterocycles. The summed E-state index contributed by atoms with van der Waals surface area (Å²) in [5, 5.41) is 0. The molecular weight excluding hydrogens is 463 g/mol. The van der Waals surface area contributed by atoms with Crippen molar-refractivity contribution in [2.75, 3.05) is 34.5 Å². The third kappa shape index (κ3) is 5.74. The molecule has 0 spiro atoms. The zero-order chi connectivity index (χ0) is 25.0. The quantitative estimate of drug-likeness (QED) is 0.426. The van der Waals surface area contributed by atoms with Gasteiger partial charge in [-0.1, -0.05) is 24.3 Å². The smallest absolute Gasteiger partial charge is 0.493 e. The topological polar surface area (TPSA) is 49.4 Å². The van der Waals surface area contributed by atoms with E-state index < -0.39 is 6.36 Å². The highest BCUT2D eigenvalue weighted by atomic mass is 19.4. The highest BCUT2D eigenvalue weighted by molar-refractivity contribution is 5.77. The van der Waals surface area contributed by atoms with Crippen molar-refractivity contribution < 1.29 is 36.9 Å². The molecule has 1 aliphatic heterocycles. The average molecular weight is 489 g/mol. The largest absolute Gasteiger partial charge is 0.573 e. The first-order valence-electron chi connectivity index (χ1n) is 10.9. The van der Waals surface area contributed by atoms with Gasteiger partial charge in [-0.3, -0.25) is 4.90 Å². The van der Waals surface area contributed by atoms with Crippen LogP contribution in [0.15, 0.2) is 54.6 Å². The van der Waals surface area contributed by atoms with E-state index in [1.807, 2.05) is 30.3 Å². The standard InChI is InChI=1S/C26H26F3NO5/c1-31-22-6-4-5-21(25(22)33-3)18-13-19-16-30(11-12-34-24(19)23(14-18)32-2)15-17-7-9-20(10-8-17)35-26(27,28)29/h4-10,13-14H,11-12,15-16H2,1-3H3. The molecule has 0 N–H and O–H groups in total. The Labute approximate surface area is 201 Å². The van der Waals surface area contributed by atoms with Gasteiger partial charge in [-0.15, -0.1) is 13.2 Å². The second-order valence-corrected chi connectivity index (χ2v) is 7.96. The Balaban J connectivity index is 1.61. The number of ether oxygens (including phenoxy) is 5. The molecule has 3 aromatic carbocycles. The number of alkyl halides is 3. The second-order valence-electron chi connectivity index (χ2n) is 7.96. The summed E-state index contributed by atoms with van der Waals surface area (Å²) in [4.78, 5) is 2.16. The maximum atomic E-state index is 12.4. The van der Waals surface area contributed by atoms with Crippen molar-refractivity contribution >= 4 is 0 Å². The van der Waals surface area contributed by atoms with Crippen LogP contribution in [0.2, 0.25) is 0 Å². The SMILES string of the molecule is COc1cc(-c2cccc(OC)c2OC)cc2c1OCCN(Cc1ccc(OC(F)(F)F)cc1)C2. The van der Waals surface area contributed by atoms with E-state index in [9.17, 15) is 13.2 Å². The first-order valence-corrected chi connectivity index (χ1v) is 10.9. The lowest BCUT2D eigenvalue weighted by atomic mass is 10.00. The zero-order valence-electron chi connectivity index (χ0n) is 19.6. The van der Waals surface area contributed by atoms with Crippen LogP contribution < -0.4 is 23.7 Å². The van der Waals surface area contributed by atoms with Crippen molar-refractivity contribution in [2.45, 2.75) is 19.5 Å². The van der Waals surface area contributed by atoms with E-state index in [-0.39, 0.29) is 5.75 Å². The van der Waals surface area contributed by atoms with Crippen LogP contribution in [-0.2, 0) is 13.1 Å². The molecule has 0 amide bonds. The first kappa shape index (κ1) is 24.5. The number of hydrogen-bond donors (Lipinski definition) is 0. The van der Waals surface area contributed by atoms with Crippen LogP contribution in [-0.4, -0.2) is 45.7 Å². The Kier molecular flexibility index (Phi) is 7.25. The highest BCUT2D eigenvalue weighted by Crippen LogP contribution is 2.43. The normalized spacial score (nSPS) is 13.9. The minimum atomic E-state index is -4.71. The fourth-order valence-electron chi connectivity index (χ4n) is 4.15. The minimum absolute atomic E-state index is 0.243. The van der Waals surface area contributed by atoms with E-state index in [1.54, 1.807) is 33.5 Å². The molecule has 0 atom stereocenters. The van der Waals surface area contributed by atoms with Gasteiger partial charge in [0.2, 0.25) is 0 Å². The number of nitrogens with zero attached hydrogens (tertiary/aromatic N) is 1. The second kappa shape index (κ2) is 10.4. The Morgan fingerprint density at radius 3 is 2.31 bits per heavy atom. The summed E-state index contributed by atoms with van der Waals surface area (Å²) in [5.41, 5.74) is 3.53. The molecule has 0 aromatic heterocycles. The van der Waals surface area contributed by atoms with E-state index in [4.69, 9.17) is 18.9 Å². The molecule has 3 aromatic rings. The summed E-state index contributed by atoms with van der Waals surface area (Å²) in [5.74, 6) is 2.28. The molecule has 1 heterocycles.